The average Bonchev–Trinajstić information content (AvgIpc) is 2.98. The fourth-order valence-electron chi connectivity index (χ4n) is 2.91. The zero-order valence-electron chi connectivity index (χ0n) is 16.8. The summed E-state index contributed by atoms with van der Waals surface area (Å²) in [6.07, 6.45) is 1.01. The lowest BCUT2D eigenvalue weighted by Gasteiger charge is -2.24. The van der Waals surface area contributed by atoms with Crippen LogP contribution < -0.4 is 24.0 Å². The maximum Gasteiger partial charge on any atom is 0.307 e. The largest absolute Gasteiger partial charge is 0.497 e. The lowest BCUT2D eigenvalue weighted by atomic mass is 10.2. The van der Waals surface area contributed by atoms with E-state index in [1.54, 1.807) is 31.3 Å². The maximum absolute atomic E-state index is 12.6. The molecule has 160 valence electrons. The van der Waals surface area contributed by atoms with Gasteiger partial charge in [0, 0.05) is 18.8 Å². The van der Waals surface area contributed by atoms with Gasteiger partial charge in [0.25, 0.3) is 0 Å². The topological polar surface area (TPSA) is 107 Å². The molecule has 0 bridgehead atoms. The first kappa shape index (κ1) is 21.7. The molecule has 1 heterocycles. The van der Waals surface area contributed by atoms with Crippen LogP contribution in [0.1, 0.15) is 0 Å². The molecule has 2 aromatic carbocycles. The number of thiazole rings is 1. The minimum atomic E-state index is -3.79. The third-order valence-corrected chi connectivity index (χ3v) is 6.54. The highest BCUT2D eigenvalue weighted by molar-refractivity contribution is 7.92. The van der Waals surface area contributed by atoms with E-state index in [9.17, 15) is 18.0 Å². The summed E-state index contributed by atoms with van der Waals surface area (Å²) in [6.45, 7) is -0.454. The number of hydrogen-bond acceptors (Lipinski definition) is 7. The van der Waals surface area contributed by atoms with Gasteiger partial charge in [0.05, 0.1) is 36.4 Å². The van der Waals surface area contributed by atoms with Crippen molar-refractivity contribution < 1.29 is 22.7 Å². The van der Waals surface area contributed by atoms with Crippen molar-refractivity contribution >= 4 is 48.9 Å². The van der Waals surface area contributed by atoms with Crippen LogP contribution in [-0.2, 0) is 21.9 Å². The van der Waals surface area contributed by atoms with Crippen molar-refractivity contribution in [1.82, 2.24) is 4.57 Å². The van der Waals surface area contributed by atoms with Gasteiger partial charge in [-0.25, -0.2) is 8.42 Å². The van der Waals surface area contributed by atoms with E-state index >= 15 is 0 Å². The quantitative estimate of drug-likeness (QED) is 0.589. The second-order valence-corrected chi connectivity index (χ2v) is 9.37. The first-order chi connectivity index (χ1) is 14.1. The molecule has 9 nitrogen and oxygen atoms in total. The molecule has 0 saturated heterocycles. The number of nitrogens with one attached hydrogen (secondary N) is 1. The van der Waals surface area contributed by atoms with Crippen LogP contribution in [0.5, 0.6) is 11.5 Å². The molecule has 3 aromatic rings. The lowest BCUT2D eigenvalue weighted by molar-refractivity contribution is -0.114. The number of nitrogens with zero attached hydrogens (tertiary/aromatic N) is 2. The molecule has 0 unspecified atom stereocenters. The molecule has 3 rings (SSSR count). The summed E-state index contributed by atoms with van der Waals surface area (Å²) in [7, 11) is 0.772. The summed E-state index contributed by atoms with van der Waals surface area (Å²) in [5.41, 5.74) is 1.43. The van der Waals surface area contributed by atoms with E-state index in [4.69, 9.17) is 9.47 Å². The molecule has 0 radical (unpaired) electrons. The Labute approximate surface area is 177 Å². The van der Waals surface area contributed by atoms with Crippen LogP contribution in [-0.4, -0.2) is 45.9 Å². The number of rotatable bonds is 7. The zero-order chi connectivity index (χ0) is 22.1. The van der Waals surface area contributed by atoms with E-state index in [1.807, 2.05) is 0 Å². The fraction of sp³-hybridized carbons (Fsp3) is 0.263. The minimum Gasteiger partial charge on any atom is -0.497 e. The lowest BCUT2D eigenvalue weighted by Crippen LogP contribution is -2.37. The van der Waals surface area contributed by atoms with Crippen molar-refractivity contribution in [1.29, 1.82) is 0 Å². The maximum atomic E-state index is 12.6. The number of anilines is 2. The Balaban J connectivity index is 1.87. The van der Waals surface area contributed by atoms with Gasteiger partial charge >= 0.3 is 4.87 Å². The number of methoxy groups -OCH3 is 2. The average molecular weight is 452 g/mol. The Morgan fingerprint density at radius 3 is 2.53 bits per heavy atom. The molecule has 1 aromatic heterocycles. The van der Waals surface area contributed by atoms with Crippen LogP contribution in [0, 0.1) is 0 Å². The van der Waals surface area contributed by atoms with Crippen LogP contribution in [0.15, 0.2) is 41.2 Å². The highest BCUT2D eigenvalue weighted by Crippen LogP contribution is 2.33. The molecule has 30 heavy (non-hydrogen) atoms. The number of amides is 1. The number of aryl methyl sites for hydroxylation is 1. The van der Waals surface area contributed by atoms with Crippen molar-refractivity contribution in [3.8, 4) is 11.5 Å². The molecule has 0 atom stereocenters. The second-order valence-electron chi connectivity index (χ2n) is 6.47. The summed E-state index contributed by atoms with van der Waals surface area (Å²) in [5, 5.41) is 2.68. The van der Waals surface area contributed by atoms with Crippen LogP contribution in [0.3, 0.4) is 0 Å². The van der Waals surface area contributed by atoms with Gasteiger partial charge in [-0.05, 0) is 30.3 Å². The second kappa shape index (κ2) is 8.36. The van der Waals surface area contributed by atoms with E-state index in [0.717, 1.165) is 32.1 Å². The number of carbonyl (C=O) groups is 1. The number of sulfonamides is 1. The molecule has 1 N–H and O–H groups in total. The zero-order valence-corrected chi connectivity index (χ0v) is 18.5. The molecule has 0 spiro atoms. The molecular weight excluding hydrogens is 430 g/mol. The molecule has 0 aliphatic carbocycles. The predicted molar refractivity (Wildman–Crippen MR) is 117 cm³/mol. The van der Waals surface area contributed by atoms with E-state index in [-0.39, 0.29) is 16.3 Å². The van der Waals surface area contributed by atoms with Crippen molar-refractivity contribution in [3.05, 3.63) is 46.1 Å². The Hall–Kier alpha value is -3.05. The molecule has 0 saturated carbocycles. The van der Waals surface area contributed by atoms with Crippen LogP contribution in [0.4, 0.5) is 11.4 Å². The highest BCUT2D eigenvalue weighted by Gasteiger charge is 2.24. The van der Waals surface area contributed by atoms with Crippen molar-refractivity contribution in [2.24, 2.45) is 7.05 Å². The fourth-order valence-corrected chi connectivity index (χ4v) is 4.69. The van der Waals surface area contributed by atoms with Gasteiger partial charge in [0.1, 0.15) is 18.0 Å². The van der Waals surface area contributed by atoms with Crippen molar-refractivity contribution in [2.75, 3.05) is 36.6 Å². The molecule has 0 aliphatic heterocycles. The summed E-state index contributed by atoms with van der Waals surface area (Å²) in [5.74, 6) is 0.202. The minimum absolute atomic E-state index is 0.108. The SMILES string of the molecule is COc1ccc(N(CC(=O)Nc2ccc3c(c2)sc(=O)n3C)S(C)(=O)=O)c(OC)c1. The van der Waals surface area contributed by atoms with Gasteiger partial charge in [0.15, 0.2) is 0 Å². The number of hydrogen-bond donors (Lipinski definition) is 1. The van der Waals surface area contributed by atoms with Crippen LogP contribution in [0.25, 0.3) is 10.2 Å². The molecule has 11 heteroatoms. The number of fused-ring (bicyclic) bond motifs is 1. The summed E-state index contributed by atoms with van der Waals surface area (Å²) < 4.78 is 38.4. The van der Waals surface area contributed by atoms with Crippen LogP contribution in [0.2, 0.25) is 0 Å². The normalized spacial score (nSPS) is 11.3. The Morgan fingerprint density at radius 2 is 1.90 bits per heavy atom. The van der Waals surface area contributed by atoms with Gasteiger partial charge in [-0.3, -0.25) is 13.9 Å². The predicted octanol–water partition coefficient (Wildman–Crippen LogP) is 2.02. The third kappa shape index (κ3) is 4.41. The van der Waals surface area contributed by atoms with E-state index in [0.29, 0.717) is 11.4 Å². The van der Waals surface area contributed by atoms with E-state index in [2.05, 4.69) is 5.32 Å². The smallest absolute Gasteiger partial charge is 0.307 e. The number of aromatic nitrogens is 1. The Kier molecular flexibility index (Phi) is 6.04. The first-order valence-electron chi connectivity index (χ1n) is 8.73. The Bertz CT molecular complexity index is 1260. The third-order valence-electron chi connectivity index (χ3n) is 4.42. The molecular formula is C19H21N3O6S2. The Morgan fingerprint density at radius 1 is 1.17 bits per heavy atom. The van der Waals surface area contributed by atoms with Crippen molar-refractivity contribution in [2.45, 2.75) is 0 Å². The summed E-state index contributed by atoms with van der Waals surface area (Å²) >= 11 is 1.06. The summed E-state index contributed by atoms with van der Waals surface area (Å²) in [4.78, 5) is 24.3. The van der Waals surface area contributed by atoms with Gasteiger partial charge in [-0.2, -0.15) is 0 Å². The summed E-state index contributed by atoms with van der Waals surface area (Å²) in [6, 6.07) is 9.70. The van der Waals surface area contributed by atoms with Gasteiger partial charge in [0.2, 0.25) is 15.9 Å². The number of ether oxygens (including phenoxy) is 2. The first-order valence-corrected chi connectivity index (χ1v) is 11.4. The van der Waals surface area contributed by atoms with Crippen molar-refractivity contribution in [3.63, 3.8) is 0 Å². The van der Waals surface area contributed by atoms with Crippen LogP contribution >= 0.6 is 11.3 Å². The van der Waals surface area contributed by atoms with Gasteiger partial charge in [-0.1, -0.05) is 11.3 Å². The van der Waals surface area contributed by atoms with Gasteiger partial charge < -0.3 is 19.4 Å². The highest BCUT2D eigenvalue weighted by atomic mass is 32.2. The van der Waals surface area contributed by atoms with E-state index < -0.39 is 22.5 Å². The number of carbonyl (C=O) groups excluding carboxylic acids is 1. The standard InChI is InChI=1S/C19H21N3O6S2/c1-21-15-7-5-12(9-17(15)29-19(21)24)20-18(23)11-22(30(4,25)26)14-8-6-13(27-2)10-16(14)28-3/h5-10H,11H2,1-4H3,(H,20,23). The van der Waals surface area contributed by atoms with Gasteiger partial charge in [-0.15, -0.1) is 0 Å². The number of benzene rings is 2. The molecule has 0 fully saturated rings. The molecule has 0 aliphatic rings. The molecule has 1 amide bonds. The monoisotopic (exact) mass is 451 g/mol. The van der Waals surface area contributed by atoms with E-state index in [1.165, 1.54) is 30.9 Å².